The minimum Gasteiger partial charge on any atom is -0.315 e. The molecule has 5 nitrogen and oxygen atoms in total. The number of piperidine rings is 1. The molecule has 0 amide bonds. The van der Waals surface area contributed by atoms with E-state index in [-0.39, 0.29) is 12.1 Å². The topological polar surface area (TPSA) is 70.2 Å². The molecule has 0 radical (unpaired) electrons. The summed E-state index contributed by atoms with van der Waals surface area (Å²) in [5.74, 6) is 0. The van der Waals surface area contributed by atoms with E-state index in [9.17, 15) is 8.42 Å². The molecule has 0 aromatic rings. The molecule has 1 unspecified atom stereocenters. The summed E-state index contributed by atoms with van der Waals surface area (Å²) in [4.78, 5) is 0. The molecule has 6 heteroatoms. The highest BCUT2D eigenvalue weighted by molar-refractivity contribution is 7.87. The SMILES string of the molecule is O=S(=O)(NC1CC1)NC1CCCNC1. The standard InChI is InChI=1S/C8H17N3O2S/c12-14(13,10-7-3-4-7)11-8-2-1-5-9-6-8/h7-11H,1-6H2. The van der Waals surface area contributed by atoms with Crippen molar-refractivity contribution in [2.75, 3.05) is 13.1 Å². The van der Waals surface area contributed by atoms with Gasteiger partial charge in [-0.05, 0) is 32.2 Å². The van der Waals surface area contributed by atoms with Crippen molar-refractivity contribution in [3.63, 3.8) is 0 Å². The van der Waals surface area contributed by atoms with Gasteiger partial charge in [0.25, 0.3) is 10.2 Å². The molecule has 3 N–H and O–H groups in total. The maximum Gasteiger partial charge on any atom is 0.277 e. The van der Waals surface area contributed by atoms with E-state index < -0.39 is 10.2 Å². The maximum absolute atomic E-state index is 11.5. The maximum atomic E-state index is 11.5. The Balaban J connectivity index is 1.81. The molecule has 0 aromatic heterocycles. The lowest BCUT2D eigenvalue weighted by atomic mass is 10.1. The Hall–Kier alpha value is -0.170. The fourth-order valence-corrected chi connectivity index (χ4v) is 3.01. The van der Waals surface area contributed by atoms with E-state index >= 15 is 0 Å². The summed E-state index contributed by atoms with van der Waals surface area (Å²) in [6.45, 7) is 1.74. The zero-order valence-electron chi connectivity index (χ0n) is 8.12. The van der Waals surface area contributed by atoms with Crippen LogP contribution in [0.4, 0.5) is 0 Å². The molecule has 1 saturated heterocycles. The minimum atomic E-state index is -3.26. The summed E-state index contributed by atoms with van der Waals surface area (Å²) in [6.07, 6.45) is 3.92. The monoisotopic (exact) mass is 219 g/mol. The minimum absolute atomic E-state index is 0.0556. The lowest BCUT2D eigenvalue weighted by molar-refractivity contribution is 0.426. The second-order valence-electron chi connectivity index (χ2n) is 4.06. The highest BCUT2D eigenvalue weighted by atomic mass is 32.2. The molecule has 0 spiro atoms. The number of rotatable bonds is 4. The van der Waals surface area contributed by atoms with Crippen molar-refractivity contribution in [1.82, 2.24) is 14.8 Å². The number of hydrogen-bond donors (Lipinski definition) is 3. The molecule has 1 saturated carbocycles. The average Bonchev–Trinajstić information content (AvgIpc) is 2.88. The van der Waals surface area contributed by atoms with Crippen LogP contribution in [-0.2, 0) is 10.2 Å². The first-order valence-electron chi connectivity index (χ1n) is 5.16. The third kappa shape index (κ3) is 3.20. The Labute approximate surface area is 84.8 Å². The first-order valence-corrected chi connectivity index (χ1v) is 6.64. The molecule has 2 fully saturated rings. The van der Waals surface area contributed by atoms with Crippen molar-refractivity contribution in [3.8, 4) is 0 Å². The zero-order chi connectivity index (χ0) is 10.0. The quantitative estimate of drug-likeness (QED) is 0.587. The van der Waals surface area contributed by atoms with Gasteiger partial charge >= 0.3 is 0 Å². The van der Waals surface area contributed by atoms with E-state index in [2.05, 4.69) is 14.8 Å². The molecule has 0 aromatic carbocycles. The van der Waals surface area contributed by atoms with E-state index in [1.165, 1.54) is 0 Å². The van der Waals surface area contributed by atoms with Gasteiger partial charge in [-0.3, -0.25) is 0 Å². The van der Waals surface area contributed by atoms with Crippen molar-refractivity contribution in [2.45, 2.75) is 37.8 Å². The normalized spacial score (nSPS) is 29.0. The average molecular weight is 219 g/mol. The second-order valence-corrected chi connectivity index (χ2v) is 5.53. The molecule has 2 rings (SSSR count). The predicted octanol–water partition coefficient (Wildman–Crippen LogP) is -0.675. The van der Waals surface area contributed by atoms with Crippen molar-refractivity contribution in [1.29, 1.82) is 0 Å². The Morgan fingerprint density at radius 1 is 1.07 bits per heavy atom. The number of nitrogens with one attached hydrogen (secondary N) is 3. The summed E-state index contributed by atoms with van der Waals surface area (Å²) in [5, 5.41) is 3.17. The third-order valence-electron chi connectivity index (χ3n) is 2.52. The number of hydrogen-bond acceptors (Lipinski definition) is 3. The molecule has 0 bridgehead atoms. The van der Waals surface area contributed by atoms with E-state index in [1.807, 2.05) is 0 Å². The highest BCUT2D eigenvalue weighted by Crippen LogP contribution is 2.19. The lowest BCUT2D eigenvalue weighted by Crippen LogP contribution is -2.49. The fourth-order valence-electron chi connectivity index (χ4n) is 1.63. The van der Waals surface area contributed by atoms with Crippen molar-refractivity contribution < 1.29 is 8.42 Å². The van der Waals surface area contributed by atoms with Gasteiger partial charge < -0.3 is 5.32 Å². The Kier molecular flexibility index (Phi) is 3.06. The molecule has 1 aliphatic heterocycles. The van der Waals surface area contributed by atoms with Crippen LogP contribution in [-0.4, -0.2) is 33.6 Å². The summed E-state index contributed by atoms with van der Waals surface area (Å²) < 4.78 is 28.3. The van der Waals surface area contributed by atoms with Crippen LogP contribution in [0.3, 0.4) is 0 Å². The largest absolute Gasteiger partial charge is 0.315 e. The molecule has 1 heterocycles. The van der Waals surface area contributed by atoms with Crippen LogP contribution in [0.15, 0.2) is 0 Å². The van der Waals surface area contributed by atoms with Gasteiger partial charge in [-0.1, -0.05) is 0 Å². The summed E-state index contributed by atoms with van der Waals surface area (Å²) in [5.41, 5.74) is 0. The van der Waals surface area contributed by atoms with E-state index in [4.69, 9.17) is 0 Å². The lowest BCUT2D eigenvalue weighted by Gasteiger charge is -2.23. The van der Waals surface area contributed by atoms with Gasteiger partial charge in [0.05, 0.1) is 0 Å². The third-order valence-corrected chi connectivity index (χ3v) is 3.81. The molecule has 82 valence electrons. The van der Waals surface area contributed by atoms with Gasteiger partial charge in [-0.15, -0.1) is 0 Å². The van der Waals surface area contributed by atoms with Crippen molar-refractivity contribution in [2.24, 2.45) is 0 Å². The first kappa shape index (κ1) is 10.4. The van der Waals surface area contributed by atoms with E-state index in [1.54, 1.807) is 0 Å². The van der Waals surface area contributed by atoms with Gasteiger partial charge in [0.2, 0.25) is 0 Å². The van der Waals surface area contributed by atoms with Crippen LogP contribution in [0.1, 0.15) is 25.7 Å². The predicted molar refractivity (Wildman–Crippen MR) is 54.1 cm³/mol. The van der Waals surface area contributed by atoms with Crippen molar-refractivity contribution >= 4 is 10.2 Å². The Bertz CT molecular complexity index is 281. The van der Waals surface area contributed by atoms with Gasteiger partial charge in [0, 0.05) is 18.6 Å². The molecule has 14 heavy (non-hydrogen) atoms. The molecule has 2 aliphatic rings. The summed E-state index contributed by atoms with van der Waals surface area (Å²) in [6, 6.07) is 0.240. The first-order chi connectivity index (χ1) is 6.66. The van der Waals surface area contributed by atoms with Gasteiger partial charge in [0.15, 0.2) is 0 Å². The van der Waals surface area contributed by atoms with Crippen LogP contribution < -0.4 is 14.8 Å². The Morgan fingerprint density at radius 2 is 1.79 bits per heavy atom. The van der Waals surface area contributed by atoms with Crippen LogP contribution in [0, 0.1) is 0 Å². The van der Waals surface area contributed by atoms with Crippen molar-refractivity contribution in [3.05, 3.63) is 0 Å². The molecule has 1 atom stereocenters. The molecular formula is C8H17N3O2S. The Morgan fingerprint density at radius 3 is 2.36 bits per heavy atom. The van der Waals surface area contributed by atoms with Crippen LogP contribution in [0.5, 0.6) is 0 Å². The van der Waals surface area contributed by atoms with Gasteiger partial charge in [-0.2, -0.15) is 17.9 Å². The highest BCUT2D eigenvalue weighted by Gasteiger charge is 2.28. The van der Waals surface area contributed by atoms with Crippen LogP contribution in [0.25, 0.3) is 0 Å². The van der Waals surface area contributed by atoms with E-state index in [0.29, 0.717) is 0 Å². The fraction of sp³-hybridized carbons (Fsp3) is 1.00. The van der Waals surface area contributed by atoms with Crippen LogP contribution >= 0.6 is 0 Å². The van der Waals surface area contributed by atoms with Gasteiger partial charge in [-0.25, -0.2) is 0 Å². The van der Waals surface area contributed by atoms with E-state index in [0.717, 1.165) is 38.8 Å². The second kappa shape index (κ2) is 4.14. The summed E-state index contributed by atoms with van der Waals surface area (Å²) in [7, 11) is -3.26. The smallest absolute Gasteiger partial charge is 0.277 e. The molecular weight excluding hydrogens is 202 g/mol. The van der Waals surface area contributed by atoms with Crippen LogP contribution in [0.2, 0.25) is 0 Å². The van der Waals surface area contributed by atoms with Gasteiger partial charge in [0.1, 0.15) is 0 Å². The molecule has 1 aliphatic carbocycles. The summed E-state index contributed by atoms with van der Waals surface area (Å²) >= 11 is 0. The zero-order valence-corrected chi connectivity index (χ0v) is 8.94.